The predicted molar refractivity (Wildman–Crippen MR) is 87.8 cm³/mol. The van der Waals surface area contributed by atoms with E-state index in [1.54, 1.807) is 24.4 Å². The molecule has 1 aromatic carbocycles. The molecule has 0 atom stereocenters. The summed E-state index contributed by atoms with van der Waals surface area (Å²) in [5.74, 6) is -2.09. The van der Waals surface area contributed by atoms with Gasteiger partial charge < -0.3 is 0 Å². The predicted octanol–water partition coefficient (Wildman–Crippen LogP) is 3.68. The molecule has 0 unspecified atom stereocenters. The SMILES string of the molecule is O=C(CCl)N(Cc1c(F)cccc1F)c1ccc2cccnc2n1. The second kappa shape index (κ2) is 6.88. The second-order valence-electron chi connectivity index (χ2n) is 5.03. The minimum absolute atomic E-state index is 0.223. The van der Waals surface area contributed by atoms with Crippen LogP contribution in [0.1, 0.15) is 5.56 Å². The Balaban J connectivity index is 2.04. The van der Waals surface area contributed by atoms with E-state index in [1.165, 1.54) is 6.07 Å². The van der Waals surface area contributed by atoms with Crippen molar-refractivity contribution in [2.75, 3.05) is 10.8 Å². The molecule has 3 aromatic rings. The van der Waals surface area contributed by atoms with Crippen LogP contribution in [0.4, 0.5) is 14.6 Å². The van der Waals surface area contributed by atoms with E-state index in [9.17, 15) is 13.6 Å². The molecule has 3 rings (SSSR count). The number of amides is 1. The van der Waals surface area contributed by atoms with E-state index in [0.29, 0.717) is 5.65 Å². The van der Waals surface area contributed by atoms with Gasteiger partial charge in [0.2, 0.25) is 5.91 Å². The first-order valence-corrected chi connectivity index (χ1v) is 7.64. The molecule has 24 heavy (non-hydrogen) atoms. The van der Waals surface area contributed by atoms with Crippen molar-refractivity contribution in [1.29, 1.82) is 0 Å². The summed E-state index contributed by atoms with van der Waals surface area (Å²) in [6.45, 7) is -0.310. The molecule has 0 saturated carbocycles. The number of aromatic nitrogens is 2. The molecule has 0 aliphatic carbocycles. The summed E-state index contributed by atoms with van der Waals surface area (Å²) in [4.78, 5) is 21.7. The van der Waals surface area contributed by atoms with Gasteiger partial charge in [-0.3, -0.25) is 9.69 Å². The number of benzene rings is 1. The number of anilines is 1. The highest BCUT2D eigenvalue weighted by molar-refractivity contribution is 6.29. The maximum absolute atomic E-state index is 13.9. The van der Waals surface area contributed by atoms with E-state index >= 15 is 0 Å². The van der Waals surface area contributed by atoms with Gasteiger partial charge in [0.1, 0.15) is 23.3 Å². The summed E-state index contributed by atoms with van der Waals surface area (Å²) in [5, 5.41) is 0.789. The summed E-state index contributed by atoms with van der Waals surface area (Å²) < 4.78 is 27.8. The average Bonchev–Trinajstić information content (AvgIpc) is 2.60. The Morgan fingerprint density at radius 3 is 2.54 bits per heavy atom. The number of hydrogen-bond donors (Lipinski definition) is 0. The van der Waals surface area contributed by atoms with Crippen molar-refractivity contribution in [3.8, 4) is 0 Å². The Morgan fingerprint density at radius 1 is 1.08 bits per heavy atom. The molecule has 0 fully saturated rings. The standard InChI is InChI=1S/C17H12ClF2N3O/c18-9-16(24)23(10-12-13(19)4-1-5-14(12)20)15-7-6-11-3-2-8-21-17(11)22-15/h1-8H,9-10H2. The Bertz CT molecular complexity index is 884. The lowest BCUT2D eigenvalue weighted by molar-refractivity contribution is -0.116. The van der Waals surface area contributed by atoms with Gasteiger partial charge in [-0.25, -0.2) is 18.7 Å². The maximum atomic E-state index is 13.9. The van der Waals surface area contributed by atoms with Crippen LogP contribution in [0.25, 0.3) is 11.0 Å². The Morgan fingerprint density at radius 2 is 1.83 bits per heavy atom. The third-order valence-electron chi connectivity index (χ3n) is 3.52. The van der Waals surface area contributed by atoms with Crippen molar-refractivity contribution in [3.05, 3.63) is 65.9 Å². The Labute approximate surface area is 141 Å². The van der Waals surface area contributed by atoms with Crippen LogP contribution in [-0.4, -0.2) is 21.8 Å². The molecule has 7 heteroatoms. The number of hydrogen-bond acceptors (Lipinski definition) is 3. The zero-order valence-corrected chi connectivity index (χ0v) is 13.2. The van der Waals surface area contributed by atoms with E-state index in [4.69, 9.17) is 11.6 Å². The van der Waals surface area contributed by atoms with Gasteiger partial charge in [0, 0.05) is 17.1 Å². The smallest absolute Gasteiger partial charge is 0.243 e. The highest BCUT2D eigenvalue weighted by Gasteiger charge is 2.21. The van der Waals surface area contributed by atoms with Crippen molar-refractivity contribution in [1.82, 2.24) is 9.97 Å². The third-order valence-corrected chi connectivity index (χ3v) is 3.75. The lowest BCUT2D eigenvalue weighted by atomic mass is 10.1. The number of pyridine rings is 2. The summed E-state index contributed by atoms with van der Waals surface area (Å²) in [6, 6.07) is 10.4. The Kier molecular flexibility index (Phi) is 4.66. The monoisotopic (exact) mass is 347 g/mol. The van der Waals surface area contributed by atoms with Crippen LogP contribution in [0.3, 0.4) is 0 Å². The number of carbonyl (C=O) groups excluding carboxylic acids is 1. The van der Waals surface area contributed by atoms with Crippen LogP contribution in [0.2, 0.25) is 0 Å². The number of alkyl halides is 1. The van der Waals surface area contributed by atoms with Crippen LogP contribution in [0, 0.1) is 11.6 Å². The van der Waals surface area contributed by atoms with E-state index in [1.807, 2.05) is 6.07 Å². The van der Waals surface area contributed by atoms with Crippen LogP contribution < -0.4 is 4.90 Å². The average molecular weight is 348 g/mol. The van der Waals surface area contributed by atoms with Crippen molar-refractivity contribution in [2.45, 2.75) is 6.54 Å². The number of halogens is 3. The maximum Gasteiger partial charge on any atom is 0.243 e. The zero-order chi connectivity index (χ0) is 17.1. The quantitative estimate of drug-likeness (QED) is 0.676. The molecular formula is C17H12ClF2N3O. The topological polar surface area (TPSA) is 46.1 Å². The fourth-order valence-electron chi connectivity index (χ4n) is 2.30. The molecule has 2 aromatic heterocycles. The summed E-state index contributed by atoms with van der Waals surface area (Å²) in [5.41, 5.74) is 0.204. The van der Waals surface area contributed by atoms with E-state index < -0.39 is 17.5 Å². The molecule has 0 N–H and O–H groups in total. The molecule has 1 amide bonds. The largest absolute Gasteiger partial charge is 0.291 e. The van der Waals surface area contributed by atoms with E-state index in [-0.39, 0.29) is 23.8 Å². The van der Waals surface area contributed by atoms with Gasteiger partial charge in [0.25, 0.3) is 0 Å². The van der Waals surface area contributed by atoms with Gasteiger partial charge in [0.05, 0.1) is 6.54 Å². The Hall–Kier alpha value is -2.60. The number of nitrogens with zero attached hydrogens (tertiary/aromatic N) is 3. The molecular weight excluding hydrogens is 336 g/mol. The highest BCUT2D eigenvalue weighted by atomic mass is 35.5. The fourth-order valence-corrected chi connectivity index (χ4v) is 2.45. The number of carbonyl (C=O) groups is 1. The minimum Gasteiger partial charge on any atom is -0.291 e. The van der Waals surface area contributed by atoms with Crippen molar-refractivity contribution >= 4 is 34.4 Å². The highest BCUT2D eigenvalue weighted by Crippen LogP contribution is 2.21. The molecule has 4 nitrogen and oxygen atoms in total. The van der Waals surface area contributed by atoms with Crippen LogP contribution >= 0.6 is 11.6 Å². The number of rotatable bonds is 4. The summed E-state index contributed by atoms with van der Waals surface area (Å²) in [7, 11) is 0. The van der Waals surface area contributed by atoms with Crippen LogP contribution in [0.15, 0.2) is 48.7 Å². The van der Waals surface area contributed by atoms with Crippen molar-refractivity contribution in [2.24, 2.45) is 0 Å². The molecule has 122 valence electrons. The molecule has 0 aliphatic rings. The first-order chi connectivity index (χ1) is 11.6. The summed E-state index contributed by atoms with van der Waals surface area (Å²) >= 11 is 5.64. The van der Waals surface area contributed by atoms with E-state index in [2.05, 4.69) is 9.97 Å². The number of fused-ring (bicyclic) bond motifs is 1. The van der Waals surface area contributed by atoms with Gasteiger partial charge in [-0.2, -0.15) is 0 Å². The fraction of sp³-hybridized carbons (Fsp3) is 0.118. The van der Waals surface area contributed by atoms with Gasteiger partial charge in [-0.1, -0.05) is 6.07 Å². The van der Waals surface area contributed by atoms with Gasteiger partial charge in [-0.15, -0.1) is 11.6 Å². The lowest BCUT2D eigenvalue weighted by Crippen LogP contribution is -2.32. The van der Waals surface area contributed by atoms with E-state index in [0.717, 1.165) is 22.4 Å². The first kappa shape index (κ1) is 16.3. The summed E-state index contributed by atoms with van der Waals surface area (Å²) in [6.07, 6.45) is 1.57. The van der Waals surface area contributed by atoms with Crippen LogP contribution in [-0.2, 0) is 11.3 Å². The van der Waals surface area contributed by atoms with Gasteiger partial charge >= 0.3 is 0 Å². The van der Waals surface area contributed by atoms with Crippen LogP contribution in [0.5, 0.6) is 0 Å². The minimum atomic E-state index is -0.735. The van der Waals surface area contributed by atoms with Gasteiger partial charge in [-0.05, 0) is 36.4 Å². The lowest BCUT2D eigenvalue weighted by Gasteiger charge is -2.21. The normalized spacial score (nSPS) is 10.8. The molecule has 0 saturated heterocycles. The molecule has 0 aliphatic heterocycles. The second-order valence-corrected chi connectivity index (χ2v) is 5.30. The molecule has 0 spiro atoms. The van der Waals surface area contributed by atoms with Crippen molar-refractivity contribution in [3.63, 3.8) is 0 Å². The molecule has 2 heterocycles. The van der Waals surface area contributed by atoms with Gasteiger partial charge in [0.15, 0.2) is 5.65 Å². The molecule has 0 radical (unpaired) electrons. The zero-order valence-electron chi connectivity index (χ0n) is 12.4. The van der Waals surface area contributed by atoms with Crippen molar-refractivity contribution < 1.29 is 13.6 Å². The first-order valence-electron chi connectivity index (χ1n) is 7.11. The third kappa shape index (κ3) is 3.19. The molecule has 0 bridgehead atoms.